The smallest absolute Gasteiger partial charge is 0.252 e. The third kappa shape index (κ3) is 2.33. The Hall–Kier alpha value is -0.350. The molecule has 0 bridgehead atoms. The number of halogens is 2. The van der Waals surface area contributed by atoms with E-state index in [9.17, 15) is 4.79 Å². The van der Waals surface area contributed by atoms with Gasteiger partial charge in [0.15, 0.2) is 0 Å². The monoisotopic (exact) mass is 345 g/mol. The van der Waals surface area contributed by atoms with Crippen LogP contribution in [0.25, 0.3) is 0 Å². The summed E-state index contributed by atoms with van der Waals surface area (Å²) in [6.07, 6.45) is 2.13. The van der Waals surface area contributed by atoms with Crippen LogP contribution in [0.3, 0.4) is 0 Å². The molecule has 1 fully saturated rings. The van der Waals surface area contributed by atoms with Gasteiger partial charge < -0.3 is 5.32 Å². The van der Waals surface area contributed by atoms with E-state index in [1.807, 2.05) is 25.1 Å². The van der Waals surface area contributed by atoms with Crippen molar-refractivity contribution in [2.75, 3.05) is 5.33 Å². The predicted octanol–water partition coefficient (Wildman–Crippen LogP) is 3.41. The maximum absolute atomic E-state index is 12.1. The SMILES string of the molecule is Cc1cccc(C(=O)NC2(CBr)CC2)c1Br. The summed E-state index contributed by atoms with van der Waals surface area (Å²) in [7, 11) is 0. The van der Waals surface area contributed by atoms with Crippen LogP contribution < -0.4 is 5.32 Å². The molecule has 0 aliphatic heterocycles. The first-order valence-corrected chi connectivity index (χ1v) is 7.13. The number of alkyl halides is 1. The van der Waals surface area contributed by atoms with Gasteiger partial charge >= 0.3 is 0 Å². The highest BCUT2D eigenvalue weighted by Crippen LogP contribution is 2.37. The van der Waals surface area contributed by atoms with Crippen molar-refractivity contribution in [3.63, 3.8) is 0 Å². The third-order valence-corrected chi connectivity index (χ3v) is 5.05. The van der Waals surface area contributed by atoms with Crippen LogP contribution in [0, 0.1) is 6.92 Å². The summed E-state index contributed by atoms with van der Waals surface area (Å²) in [6, 6.07) is 5.73. The first-order valence-electron chi connectivity index (χ1n) is 5.22. The van der Waals surface area contributed by atoms with Crippen molar-refractivity contribution in [3.05, 3.63) is 33.8 Å². The number of nitrogens with one attached hydrogen (secondary N) is 1. The third-order valence-electron chi connectivity index (χ3n) is 2.92. The Kier molecular flexibility index (Phi) is 3.40. The maximum Gasteiger partial charge on any atom is 0.252 e. The second-order valence-electron chi connectivity index (χ2n) is 4.30. The molecule has 1 N–H and O–H groups in total. The summed E-state index contributed by atoms with van der Waals surface area (Å²) >= 11 is 6.90. The highest BCUT2D eigenvalue weighted by Gasteiger charge is 2.43. The van der Waals surface area contributed by atoms with E-state index in [0.717, 1.165) is 28.2 Å². The van der Waals surface area contributed by atoms with Gasteiger partial charge in [0, 0.05) is 9.80 Å². The Morgan fingerprint density at radius 3 is 2.75 bits per heavy atom. The van der Waals surface area contributed by atoms with Gasteiger partial charge in [0.1, 0.15) is 0 Å². The molecule has 2 rings (SSSR count). The number of rotatable bonds is 3. The molecule has 1 amide bonds. The lowest BCUT2D eigenvalue weighted by molar-refractivity contribution is 0.0935. The minimum Gasteiger partial charge on any atom is -0.346 e. The molecule has 1 aromatic rings. The predicted molar refractivity (Wildman–Crippen MR) is 72.1 cm³/mol. The van der Waals surface area contributed by atoms with E-state index >= 15 is 0 Å². The van der Waals surface area contributed by atoms with Gasteiger partial charge in [-0.1, -0.05) is 28.1 Å². The van der Waals surface area contributed by atoms with Crippen molar-refractivity contribution in [3.8, 4) is 0 Å². The summed E-state index contributed by atoms with van der Waals surface area (Å²) in [6.45, 7) is 1.98. The Morgan fingerprint density at radius 2 is 2.19 bits per heavy atom. The van der Waals surface area contributed by atoms with Crippen LogP contribution >= 0.6 is 31.9 Å². The lowest BCUT2D eigenvalue weighted by atomic mass is 10.1. The topological polar surface area (TPSA) is 29.1 Å². The van der Waals surface area contributed by atoms with Gasteiger partial charge in [-0.05, 0) is 47.3 Å². The molecule has 16 heavy (non-hydrogen) atoms. The van der Waals surface area contributed by atoms with Crippen LogP contribution in [0.15, 0.2) is 22.7 Å². The molecule has 1 aliphatic rings. The molecule has 0 atom stereocenters. The van der Waals surface area contributed by atoms with Crippen LogP contribution in [0.2, 0.25) is 0 Å². The minimum absolute atomic E-state index is 0.000267. The van der Waals surface area contributed by atoms with Crippen LogP contribution in [0.5, 0.6) is 0 Å². The van der Waals surface area contributed by atoms with E-state index in [2.05, 4.69) is 37.2 Å². The average Bonchev–Trinajstić information content (AvgIpc) is 3.02. The van der Waals surface area contributed by atoms with Gasteiger partial charge in [-0.2, -0.15) is 0 Å². The zero-order valence-electron chi connectivity index (χ0n) is 9.02. The molecule has 1 aromatic carbocycles. The first-order chi connectivity index (χ1) is 7.58. The Labute approximate surface area is 112 Å². The minimum atomic E-state index is 0.000267. The van der Waals surface area contributed by atoms with Crippen molar-refractivity contribution in [2.45, 2.75) is 25.3 Å². The first kappa shape index (κ1) is 12.1. The van der Waals surface area contributed by atoms with E-state index < -0.39 is 0 Å². The number of hydrogen-bond acceptors (Lipinski definition) is 1. The number of hydrogen-bond donors (Lipinski definition) is 1. The standard InChI is InChI=1S/C12H13Br2NO/c1-8-3-2-4-9(10(8)14)11(16)15-12(7-13)5-6-12/h2-4H,5-7H2,1H3,(H,15,16). The van der Waals surface area contributed by atoms with Crippen molar-refractivity contribution < 1.29 is 4.79 Å². The van der Waals surface area contributed by atoms with Crippen molar-refractivity contribution >= 4 is 37.8 Å². The number of carbonyl (C=O) groups is 1. The molecule has 0 radical (unpaired) electrons. The summed E-state index contributed by atoms with van der Waals surface area (Å²) in [5, 5.41) is 3.91. The van der Waals surface area contributed by atoms with Crippen LogP contribution in [0.1, 0.15) is 28.8 Å². The van der Waals surface area contributed by atoms with Gasteiger partial charge in [-0.3, -0.25) is 4.79 Å². The molecule has 0 heterocycles. The fourth-order valence-electron chi connectivity index (χ4n) is 1.57. The van der Waals surface area contributed by atoms with Crippen molar-refractivity contribution in [1.29, 1.82) is 0 Å². The molecule has 0 unspecified atom stereocenters. The molecule has 0 saturated heterocycles. The maximum atomic E-state index is 12.1. The molecule has 86 valence electrons. The normalized spacial score (nSPS) is 16.9. The molecular formula is C12H13Br2NO. The van der Waals surface area contributed by atoms with E-state index in [4.69, 9.17) is 0 Å². The van der Waals surface area contributed by atoms with Gasteiger partial charge in [-0.15, -0.1) is 0 Å². The van der Waals surface area contributed by atoms with Gasteiger partial charge in [0.25, 0.3) is 5.91 Å². The summed E-state index contributed by atoms with van der Waals surface area (Å²) in [4.78, 5) is 12.1. The van der Waals surface area contributed by atoms with Crippen LogP contribution in [-0.4, -0.2) is 16.8 Å². The van der Waals surface area contributed by atoms with E-state index in [-0.39, 0.29) is 11.4 Å². The summed E-state index contributed by atoms with van der Waals surface area (Å²) < 4.78 is 0.887. The fourth-order valence-corrected chi connectivity index (χ4v) is 2.72. The molecule has 4 heteroatoms. The number of benzene rings is 1. The van der Waals surface area contributed by atoms with E-state index in [1.54, 1.807) is 0 Å². The number of amides is 1. The Morgan fingerprint density at radius 1 is 1.50 bits per heavy atom. The molecule has 1 saturated carbocycles. The Balaban J connectivity index is 2.18. The summed E-state index contributed by atoms with van der Waals surface area (Å²) in [5.74, 6) is 0.00697. The molecule has 1 aliphatic carbocycles. The summed E-state index contributed by atoms with van der Waals surface area (Å²) in [5.41, 5.74) is 1.80. The highest BCUT2D eigenvalue weighted by atomic mass is 79.9. The fraction of sp³-hybridized carbons (Fsp3) is 0.417. The molecular weight excluding hydrogens is 334 g/mol. The number of carbonyl (C=O) groups excluding carboxylic acids is 1. The molecule has 2 nitrogen and oxygen atoms in total. The molecule has 0 spiro atoms. The van der Waals surface area contributed by atoms with Crippen LogP contribution in [0.4, 0.5) is 0 Å². The highest BCUT2D eigenvalue weighted by molar-refractivity contribution is 9.10. The van der Waals surface area contributed by atoms with Gasteiger partial charge in [0.05, 0.1) is 11.1 Å². The zero-order chi connectivity index (χ0) is 11.8. The second-order valence-corrected chi connectivity index (χ2v) is 5.66. The zero-order valence-corrected chi connectivity index (χ0v) is 12.2. The Bertz CT molecular complexity index is 427. The van der Waals surface area contributed by atoms with E-state index in [1.165, 1.54) is 0 Å². The average molecular weight is 347 g/mol. The van der Waals surface area contributed by atoms with Gasteiger partial charge in [0.2, 0.25) is 0 Å². The van der Waals surface area contributed by atoms with Crippen LogP contribution in [-0.2, 0) is 0 Å². The van der Waals surface area contributed by atoms with E-state index in [0.29, 0.717) is 5.56 Å². The number of aryl methyl sites for hydroxylation is 1. The lowest BCUT2D eigenvalue weighted by Crippen LogP contribution is -2.38. The van der Waals surface area contributed by atoms with Crippen molar-refractivity contribution in [2.24, 2.45) is 0 Å². The quantitative estimate of drug-likeness (QED) is 0.835. The largest absolute Gasteiger partial charge is 0.346 e. The lowest BCUT2D eigenvalue weighted by Gasteiger charge is -2.15. The molecule has 0 aromatic heterocycles. The van der Waals surface area contributed by atoms with Gasteiger partial charge in [-0.25, -0.2) is 0 Å². The van der Waals surface area contributed by atoms with Crippen molar-refractivity contribution in [1.82, 2.24) is 5.32 Å². The second kappa shape index (κ2) is 4.49.